The van der Waals surface area contributed by atoms with Crippen LogP contribution in [-0.4, -0.2) is 175 Å². The molecule has 0 radical (unpaired) electrons. The van der Waals surface area contributed by atoms with E-state index >= 15 is 0 Å². The van der Waals surface area contributed by atoms with Crippen LogP contribution in [0.4, 0.5) is 25.8 Å². The minimum absolute atomic E-state index is 0.0119. The number of anilines is 2. The largest absolute Gasteiger partial charge is 0.493 e. The molecule has 2 fully saturated rings. The van der Waals surface area contributed by atoms with Gasteiger partial charge in [0, 0.05) is 68.6 Å². The molecule has 28 heteroatoms. The maximum Gasteiger partial charge on any atom is 0.411 e. The van der Waals surface area contributed by atoms with E-state index in [-0.39, 0.29) is 142 Å². The summed E-state index contributed by atoms with van der Waals surface area (Å²) >= 11 is 0. The third-order valence-electron chi connectivity index (χ3n) is 15.1. The molecular weight excluding hydrogens is 1180 g/mol. The Balaban J connectivity index is 1.05. The number of urea groups is 1. The number of aliphatic hydroxyl groups is 2. The van der Waals surface area contributed by atoms with Gasteiger partial charge in [0.05, 0.1) is 69.5 Å². The Kier molecular flexibility index (Phi) is 26.5. The first-order valence-corrected chi connectivity index (χ1v) is 29.9. The zero-order valence-electron chi connectivity index (χ0n) is 51.6. The molecule has 2 unspecified atom stereocenters. The summed E-state index contributed by atoms with van der Waals surface area (Å²) in [5.41, 5.74) is 12.9. The van der Waals surface area contributed by atoms with Crippen LogP contribution >= 0.6 is 0 Å². The Morgan fingerprint density at radius 2 is 1.24 bits per heavy atom. The monoisotopic (exact) mass is 1270 g/mol. The topological polar surface area (TPSA) is 388 Å². The number of primary amides is 2. The second-order valence-electron chi connectivity index (χ2n) is 22.3. The number of nitrogens with one attached hydrogen (secondary N) is 5. The fraction of sp³-hybridized carbons (Fsp3) is 0.460. The molecule has 0 aromatic heterocycles. The van der Waals surface area contributed by atoms with Gasteiger partial charge in [-0.1, -0.05) is 56.7 Å². The third kappa shape index (κ3) is 20.4. The highest BCUT2D eigenvalue weighted by Crippen LogP contribution is 2.39. The van der Waals surface area contributed by atoms with E-state index in [2.05, 4.69) is 39.7 Å². The predicted octanol–water partition coefficient (Wildman–Crippen LogP) is 4.56. The lowest BCUT2D eigenvalue weighted by Gasteiger charge is -2.25. The van der Waals surface area contributed by atoms with Crippen LogP contribution in [0.1, 0.15) is 111 Å². The molecule has 0 spiro atoms. The van der Waals surface area contributed by atoms with E-state index in [1.807, 2.05) is 0 Å². The number of ether oxygens (including phenoxy) is 6. The summed E-state index contributed by atoms with van der Waals surface area (Å²) in [6.07, 6.45) is 4.55. The van der Waals surface area contributed by atoms with Gasteiger partial charge in [-0.25, -0.2) is 14.4 Å². The Hall–Kier alpha value is -9.70. The Labute approximate surface area is 526 Å². The first-order valence-electron chi connectivity index (χ1n) is 29.9. The number of nitrogens with two attached hydrogens (primary N) is 2. The van der Waals surface area contributed by atoms with E-state index in [9.17, 15) is 58.2 Å². The lowest BCUT2D eigenvalue weighted by molar-refractivity contribution is -0.137. The second kappa shape index (κ2) is 34.3. The summed E-state index contributed by atoms with van der Waals surface area (Å²) in [6, 6.07) is 7.88. The van der Waals surface area contributed by atoms with Gasteiger partial charge in [0.1, 0.15) is 24.4 Å². The van der Waals surface area contributed by atoms with Crippen LogP contribution < -0.4 is 61.7 Å². The van der Waals surface area contributed by atoms with Gasteiger partial charge >= 0.3 is 18.2 Å². The number of hydrogen-bond acceptors (Lipinski definition) is 18. The van der Waals surface area contributed by atoms with Gasteiger partial charge in [-0.2, -0.15) is 0 Å². The lowest BCUT2D eigenvalue weighted by atomic mass is 10.0. The molecule has 0 saturated carbocycles. The SMILES string of the molecule is C=C1C[C@@H](CO)N(C(=O)c2cc(OC)c(OCCCCCOc3cc(OC(N)=O)c(C(=O)N4CC(=C)C[C@H]4CO)cc3OC)cc2NC(=O)OCc2ccc(NC(=O)C(CCCNC(N)=O)NC(=O)C(NC(=O)CCCCCN3C(=O)C=CC3=O)C(C)C)cc2)C1. The van der Waals surface area contributed by atoms with Crippen molar-refractivity contribution in [1.82, 2.24) is 30.7 Å². The summed E-state index contributed by atoms with van der Waals surface area (Å²) in [6.45, 7) is 11.5. The normalized spacial score (nSPS) is 15.9. The number of carbonyl (C=O) groups excluding carboxylic acids is 10. The number of nitrogens with zero attached hydrogens (tertiary/aromatic N) is 3. The maximum absolute atomic E-state index is 14.2. The summed E-state index contributed by atoms with van der Waals surface area (Å²) in [5, 5.41) is 33.4. The molecule has 11 N–H and O–H groups in total. The molecule has 3 heterocycles. The highest BCUT2D eigenvalue weighted by molar-refractivity contribution is 6.13. The van der Waals surface area contributed by atoms with Crippen LogP contribution in [0.2, 0.25) is 0 Å². The number of benzene rings is 3. The number of imide groups is 1. The molecular formula is C63H82N10O18. The molecule has 11 amide bonds. The van der Waals surface area contributed by atoms with Crippen molar-refractivity contribution in [3.63, 3.8) is 0 Å². The zero-order valence-corrected chi connectivity index (χ0v) is 51.6. The summed E-state index contributed by atoms with van der Waals surface area (Å²) < 4.78 is 34.1. The van der Waals surface area contributed by atoms with Crippen LogP contribution in [-0.2, 0) is 35.3 Å². The molecule has 3 aliphatic rings. The standard InChI is InChI=1S/C63H82N10O18/c1-37(2)56(70-53(76)15-9-7-10-23-71-54(77)20-21-55(71)78)58(80)68-46(14-13-22-66-61(64)83)57(79)67-41-18-16-40(17-19-41)36-90-63(85)69-47-30-51(49(86-5)28-44(47)59(81)72-32-38(3)26-42(72)34-74)88-24-11-8-12-25-89-52-31-48(91-62(65)84)45(29-50(52)87-6)60(82)73-33-39(4)27-43(73)35-75/h16-21,28-31,37,42-43,46,56,74-75H,3-4,7-15,22-27,32-36H2,1-2,5-6H3,(H2,65,84)(H,67,79)(H,68,80)(H,69,85)(H,70,76)(H3,64,66,83)/t42-,43-,46?,56?/m0/s1. The smallest absolute Gasteiger partial charge is 0.411 e. The average molecular weight is 1270 g/mol. The summed E-state index contributed by atoms with van der Waals surface area (Å²) in [5.74, 6) is -3.26. The molecule has 0 aliphatic carbocycles. The number of amides is 11. The zero-order chi connectivity index (χ0) is 66.3. The van der Waals surface area contributed by atoms with Crippen molar-refractivity contribution in [2.75, 3.05) is 77.5 Å². The molecule has 0 bridgehead atoms. The van der Waals surface area contributed by atoms with Crippen molar-refractivity contribution in [2.45, 2.75) is 115 Å². The summed E-state index contributed by atoms with van der Waals surface area (Å²) in [4.78, 5) is 133. The van der Waals surface area contributed by atoms with E-state index in [0.717, 1.165) is 16.0 Å². The highest BCUT2D eigenvalue weighted by Gasteiger charge is 2.36. The van der Waals surface area contributed by atoms with E-state index in [1.165, 1.54) is 60.4 Å². The van der Waals surface area contributed by atoms with Gasteiger partial charge in [-0.3, -0.25) is 43.8 Å². The first-order chi connectivity index (χ1) is 43.5. The maximum atomic E-state index is 14.2. The van der Waals surface area contributed by atoms with Crippen LogP contribution in [0.15, 0.2) is 85.0 Å². The van der Waals surface area contributed by atoms with Gasteiger partial charge in [0.2, 0.25) is 17.7 Å². The molecule has 91 heavy (non-hydrogen) atoms. The van der Waals surface area contributed by atoms with E-state index in [1.54, 1.807) is 38.1 Å². The molecule has 3 aromatic rings. The second-order valence-corrected chi connectivity index (χ2v) is 22.3. The van der Waals surface area contributed by atoms with Gasteiger partial charge in [0.15, 0.2) is 23.0 Å². The molecule has 492 valence electrons. The van der Waals surface area contributed by atoms with Crippen molar-refractivity contribution in [1.29, 1.82) is 0 Å². The van der Waals surface area contributed by atoms with Crippen molar-refractivity contribution in [3.8, 4) is 28.7 Å². The Bertz CT molecular complexity index is 3190. The van der Waals surface area contributed by atoms with Gasteiger partial charge in [0.25, 0.3) is 23.6 Å². The quantitative estimate of drug-likeness (QED) is 0.0225. The fourth-order valence-electron chi connectivity index (χ4n) is 10.3. The van der Waals surface area contributed by atoms with E-state index < -0.39 is 71.9 Å². The van der Waals surface area contributed by atoms with Crippen LogP contribution in [0.5, 0.6) is 28.7 Å². The number of unbranched alkanes of at least 4 members (excludes halogenated alkanes) is 4. The molecule has 28 nitrogen and oxygen atoms in total. The minimum atomic E-state index is -1.16. The number of likely N-dealkylation sites (tertiary alicyclic amines) is 2. The number of methoxy groups -OCH3 is 2. The van der Waals surface area contributed by atoms with Crippen LogP contribution in [0, 0.1) is 5.92 Å². The number of carbonyl (C=O) groups is 10. The van der Waals surface area contributed by atoms with E-state index in [0.29, 0.717) is 62.6 Å². The summed E-state index contributed by atoms with van der Waals surface area (Å²) in [7, 11) is 2.78. The van der Waals surface area contributed by atoms with Crippen molar-refractivity contribution < 1.29 is 86.6 Å². The lowest BCUT2D eigenvalue weighted by Crippen LogP contribution is -2.54. The Morgan fingerprint density at radius 3 is 1.80 bits per heavy atom. The van der Waals surface area contributed by atoms with Crippen molar-refractivity contribution in [3.05, 3.63) is 102 Å². The van der Waals surface area contributed by atoms with Gasteiger partial charge in [-0.05, 0) is 87.5 Å². The van der Waals surface area contributed by atoms with Crippen LogP contribution in [0.25, 0.3) is 0 Å². The number of hydrogen-bond donors (Lipinski definition) is 9. The molecule has 3 aromatic carbocycles. The van der Waals surface area contributed by atoms with Crippen LogP contribution in [0.3, 0.4) is 0 Å². The molecule has 6 rings (SSSR count). The van der Waals surface area contributed by atoms with Gasteiger partial charge < -0.3 is 81.2 Å². The molecule has 4 atom stereocenters. The van der Waals surface area contributed by atoms with Crippen molar-refractivity contribution >= 4 is 70.9 Å². The minimum Gasteiger partial charge on any atom is -0.493 e. The van der Waals surface area contributed by atoms with E-state index in [4.69, 9.17) is 39.9 Å². The fourth-order valence-corrected chi connectivity index (χ4v) is 10.3. The number of rotatable bonds is 34. The highest BCUT2D eigenvalue weighted by atomic mass is 16.6. The predicted molar refractivity (Wildman–Crippen MR) is 331 cm³/mol. The first kappa shape index (κ1) is 70.4. The van der Waals surface area contributed by atoms with Gasteiger partial charge in [-0.15, -0.1) is 0 Å². The molecule has 3 aliphatic heterocycles. The Morgan fingerprint density at radius 1 is 0.670 bits per heavy atom. The third-order valence-corrected chi connectivity index (χ3v) is 15.1. The molecule has 2 saturated heterocycles. The average Bonchev–Trinajstić information content (AvgIpc) is 1.82. The van der Waals surface area contributed by atoms with Crippen molar-refractivity contribution in [2.24, 2.45) is 17.4 Å². The number of aliphatic hydroxyl groups excluding tert-OH is 2.